The molecule has 0 fully saturated rings. The summed E-state index contributed by atoms with van der Waals surface area (Å²) in [7, 11) is 0. The number of hydrogen-bond donors (Lipinski definition) is 0. The number of terminal acetylenes is 3. The van der Waals surface area contributed by atoms with Gasteiger partial charge in [-0.2, -0.15) is 0 Å². The van der Waals surface area contributed by atoms with E-state index in [1.165, 1.54) is 0 Å². The van der Waals surface area contributed by atoms with Gasteiger partial charge in [0.2, 0.25) is 0 Å². The summed E-state index contributed by atoms with van der Waals surface area (Å²) in [5.41, 5.74) is 2.10. The Hall–Kier alpha value is -2.62. The maximum Gasteiger partial charge on any atom is 0.0801 e. The van der Waals surface area contributed by atoms with Crippen molar-refractivity contribution in [2.45, 2.75) is 11.8 Å². The second-order valence-corrected chi connectivity index (χ2v) is 4.22. The van der Waals surface area contributed by atoms with Gasteiger partial charge in [0.05, 0.1) is 5.41 Å². The molecule has 18 heavy (non-hydrogen) atoms. The molecule has 2 rings (SSSR count). The molecule has 0 aliphatic heterocycles. The molecule has 0 radical (unpaired) electrons. The Kier molecular flexibility index (Phi) is 3.10. The molecule has 1 atom stereocenters. The number of allylic oxidation sites excluding steroid dienone is 4. The lowest BCUT2D eigenvalue weighted by Crippen LogP contribution is -2.24. The summed E-state index contributed by atoms with van der Waals surface area (Å²) in [5, 5.41) is 0. The summed E-state index contributed by atoms with van der Waals surface area (Å²) in [5.74, 6) is 8.13. The lowest BCUT2D eigenvalue weighted by molar-refractivity contribution is 0.685. The van der Waals surface area contributed by atoms with Crippen molar-refractivity contribution in [3.63, 3.8) is 0 Å². The van der Waals surface area contributed by atoms with Crippen LogP contribution in [0.25, 0.3) is 0 Å². The van der Waals surface area contributed by atoms with Gasteiger partial charge in [0.25, 0.3) is 0 Å². The molecule has 0 nitrogen and oxygen atoms in total. The van der Waals surface area contributed by atoms with Crippen LogP contribution in [0.4, 0.5) is 0 Å². The maximum atomic E-state index is 5.75. The van der Waals surface area contributed by atoms with Gasteiger partial charge in [0.15, 0.2) is 0 Å². The zero-order valence-corrected chi connectivity index (χ0v) is 9.98. The molecule has 1 aromatic rings. The molecule has 1 aromatic carbocycles. The first kappa shape index (κ1) is 11.9. The monoisotopic (exact) mass is 228 g/mol. The third kappa shape index (κ3) is 1.96. The van der Waals surface area contributed by atoms with E-state index in [2.05, 4.69) is 17.8 Å². The third-order valence-corrected chi connectivity index (χ3v) is 3.10. The highest BCUT2D eigenvalue weighted by Gasteiger charge is 2.31. The Morgan fingerprint density at radius 1 is 1.00 bits per heavy atom. The quantitative estimate of drug-likeness (QED) is 0.648. The number of rotatable bonds is 1. The normalized spacial score (nSPS) is 21.8. The summed E-state index contributed by atoms with van der Waals surface area (Å²) in [6.45, 7) is 0. The van der Waals surface area contributed by atoms with Crippen LogP contribution < -0.4 is 0 Å². The van der Waals surface area contributed by atoms with Crippen molar-refractivity contribution >= 4 is 0 Å². The molecule has 0 aromatic heterocycles. The average molecular weight is 228 g/mol. The molecule has 1 unspecified atom stereocenters. The Bertz CT molecular complexity index is 636. The number of benzene rings is 1. The lowest BCUT2D eigenvalue weighted by atomic mass is 9.72. The molecule has 0 amide bonds. The Balaban J connectivity index is 2.59. The fourth-order valence-corrected chi connectivity index (χ4v) is 2.17. The standard InChI is InChI=1S/C18H12/c1-4-15-12-16(5-2)14-18(6-3,13-15)17-10-8-7-9-11-17/h1-3,7-13H,14H2. The Morgan fingerprint density at radius 3 is 2.28 bits per heavy atom. The lowest BCUT2D eigenvalue weighted by Gasteiger charge is -2.29. The van der Waals surface area contributed by atoms with Gasteiger partial charge in [0.1, 0.15) is 0 Å². The molecule has 0 spiro atoms. The van der Waals surface area contributed by atoms with Gasteiger partial charge in [-0.3, -0.25) is 0 Å². The molecule has 0 N–H and O–H groups in total. The molecule has 0 saturated heterocycles. The molecule has 84 valence electrons. The van der Waals surface area contributed by atoms with Crippen LogP contribution in [0.3, 0.4) is 0 Å². The van der Waals surface area contributed by atoms with E-state index in [9.17, 15) is 0 Å². The van der Waals surface area contributed by atoms with Crippen LogP contribution in [0.1, 0.15) is 12.0 Å². The van der Waals surface area contributed by atoms with Gasteiger partial charge < -0.3 is 0 Å². The fourth-order valence-electron chi connectivity index (χ4n) is 2.17. The van der Waals surface area contributed by atoms with Crippen molar-refractivity contribution in [2.24, 2.45) is 0 Å². The molecule has 0 heteroatoms. The largest absolute Gasteiger partial charge is 0.119 e. The van der Waals surface area contributed by atoms with E-state index in [-0.39, 0.29) is 0 Å². The van der Waals surface area contributed by atoms with Gasteiger partial charge in [-0.1, -0.05) is 48.1 Å². The molecular formula is C18H12. The van der Waals surface area contributed by atoms with Crippen molar-refractivity contribution in [2.75, 3.05) is 0 Å². The van der Waals surface area contributed by atoms with Crippen molar-refractivity contribution in [1.82, 2.24) is 0 Å². The van der Waals surface area contributed by atoms with Crippen LogP contribution in [-0.4, -0.2) is 0 Å². The van der Waals surface area contributed by atoms with E-state index in [4.69, 9.17) is 19.3 Å². The minimum Gasteiger partial charge on any atom is -0.119 e. The molecule has 1 aliphatic rings. The SMILES string of the molecule is C#CC1=CC(C#C)(c2ccccc2)CC(C#C)=C1. The van der Waals surface area contributed by atoms with Gasteiger partial charge in [0, 0.05) is 17.6 Å². The van der Waals surface area contributed by atoms with Crippen LogP contribution in [0.2, 0.25) is 0 Å². The number of hydrogen-bond acceptors (Lipinski definition) is 0. The average Bonchev–Trinajstić information content (AvgIpc) is 2.47. The third-order valence-electron chi connectivity index (χ3n) is 3.10. The first-order valence-corrected chi connectivity index (χ1v) is 5.64. The summed E-state index contributed by atoms with van der Waals surface area (Å²) < 4.78 is 0. The first-order chi connectivity index (χ1) is 8.74. The van der Waals surface area contributed by atoms with Crippen LogP contribution in [0, 0.1) is 37.0 Å². The van der Waals surface area contributed by atoms with Crippen LogP contribution in [0.15, 0.2) is 53.6 Å². The van der Waals surface area contributed by atoms with Crippen LogP contribution in [-0.2, 0) is 5.41 Å². The Morgan fingerprint density at radius 2 is 1.72 bits per heavy atom. The predicted molar refractivity (Wildman–Crippen MR) is 75.4 cm³/mol. The van der Waals surface area contributed by atoms with E-state index in [1.54, 1.807) is 0 Å². The maximum absolute atomic E-state index is 5.75. The zero-order valence-electron chi connectivity index (χ0n) is 9.98. The van der Waals surface area contributed by atoms with E-state index < -0.39 is 5.41 Å². The van der Waals surface area contributed by atoms with Crippen LogP contribution in [0.5, 0.6) is 0 Å². The van der Waals surface area contributed by atoms with E-state index in [0.717, 1.165) is 16.7 Å². The molecule has 0 saturated carbocycles. The topological polar surface area (TPSA) is 0 Å². The highest BCUT2D eigenvalue weighted by Crippen LogP contribution is 2.36. The second kappa shape index (κ2) is 4.71. The first-order valence-electron chi connectivity index (χ1n) is 5.64. The molecule has 1 aliphatic carbocycles. The summed E-state index contributed by atoms with van der Waals surface area (Å²) >= 11 is 0. The Labute approximate surface area is 108 Å². The summed E-state index contributed by atoms with van der Waals surface area (Å²) in [6, 6.07) is 9.89. The minimum atomic E-state index is -0.528. The fraction of sp³-hybridized carbons (Fsp3) is 0.111. The van der Waals surface area contributed by atoms with Gasteiger partial charge in [-0.15, -0.1) is 19.3 Å². The van der Waals surface area contributed by atoms with Crippen molar-refractivity contribution < 1.29 is 0 Å². The molecular weight excluding hydrogens is 216 g/mol. The summed E-state index contributed by atoms with van der Waals surface area (Å²) in [4.78, 5) is 0. The van der Waals surface area contributed by atoms with E-state index in [0.29, 0.717) is 6.42 Å². The van der Waals surface area contributed by atoms with Gasteiger partial charge in [-0.25, -0.2) is 0 Å². The highest BCUT2D eigenvalue weighted by atomic mass is 14.3. The second-order valence-electron chi connectivity index (χ2n) is 4.22. The van der Waals surface area contributed by atoms with Crippen LogP contribution >= 0.6 is 0 Å². The predicted octanol–water partition coefficient (Wildman–Crippen LogP) is 3.08. The van der Waals surface area contributed by atoms with E-state index >= 15 is 0 Å². The smallest absolute Gasteiger partial charge is 0.0801 e. The molecule has 0 heterocycles. The van der Waals surface area contributed by atoms with Gasteiger partial charge >= 0.3 is 0 Å². The van der Waals surface area contributed by atoms with Gasteiger partial charge in [-0.05, 0) is 17.7 Å². The minimum absolute atomic E-state index is 0.528. The molecule has 0 bridgehead atoms. The van der Waals surface area contributed by atoms with E-state index in [1.807, 2.05) is 42.5 Å². The summed E-state index contributed by atoms with van der Waals surface area (Å²) in [6.07, 6.45) is 21.1. The van der Waals surface area contributed by atoms with Crippen molar-refractivity contribution in [3.05, 3.63) is 59.2 Å². The van der Waals surface area contributed by atoms with Crippen molar-refractivity contribution in [3.8, 4) is 37.0 Å². The van der Waals surface area contributed by atoms with Crippen molar-refractivity contribution in [1.29, 1.82) is 0 Å². The zero-order chi connectivity index (χ0) is 13.0. The highest BCUT2D eigenvalue weighted by molar-refractivity contribution is 5.56.